The first kappa shape index (κ1) is 21.7. The number of fused-ring (bicyclic) bond motifs is 1. The third-order valence-corrected chi connectivity index (χ3v) is 5.23. The van der Waals surface area contributed by atoms with E-state index in [0.717, 1.165) is 12.3 Å². The predicted molar refractivity (Wildman–Crippen MR) is 106 cm³/mol. The van der Waals surface area contributed by atoms with Crippen LogP contribution in [-0.2, 0) is 20.5 Å². The molecule has 0 spiro atoms. The maximum absolute atomic E-state index is 12.7. The van der Waals surface area contributed by atoms with E-state index in [0.29, 0.717) is 48.9 Å². The highest BCUT2D eigenvalue weighted by Crippen LogP contribution is 2.34. The molecule has 170 valence electrons. The average Bonchev–Trinajstić information content (AvgIpc) is 3.25. The van der Waals surface area contributed by atoms with Gasteiger partial charge in [-0.2, -0.15) is 13.2 Å². The van der Waals surface area contributed by atoms with Crippen LogP contribution in [0.25, 0.3) is 0 Å². The summed E-state index contributed by atoms with van der Waals surface area (Å²) in [6.45, 7) is 0.592. The van der Waals surface area contributed by atoms with E-state index in [9.17, 15) is 22.8 Å². The quantitative estimate of drug-likeness (QED) is 0.698. The van der Waals surface area contributed by atoms with Gasteiger partial charge in [0.05, 0.1) is 11.5 Å². The summed E-state index contributed by atoms with van der Waals surface area (Å²) in [5.74, 6) is 0.183. The molecule has 8 nitrogen and oxygen atoms in total. The van der Waals surface area contributed by atoms with E-state index in [-0.39, 0.29) is 12.7 Å². The molecule has 1 aromatic heterocycles. The zero-order valence-electron chi connectivity index (χ0n) is 16.9. The minimum Gasteiger partial charge on any atom is -0.455 e. The lowest BCUT2D eigenvalue weighted by Gasteiger charge is -2.31. The Balaban J connectivity index is 1.22. The van der Waals surface area contributed by atoms with E-state index in [1.807, 2.05) is 4.90 Å². The van der Waals surface area contributed by atoms with E-state index in [4.69, 9.17) is 14.2 Å². The predicted octanol–water partition coefficient (Wildman–Crippen LogP) is 3.23. The second kappa shape index (κ2) is 8.93. The number of rotatable bonds is 5. The van der Waals surface area contributed by atoms with Crippen LogP contribution in [-0.4, -0.2) is 43.3 Å². The molecule has 4 rings (SSSR count). The van der Waals surface area contributed by atoms with Crippen molar-refractivity contribution in [2.75, 3.05) is 36.7 Å². The van der Waals surface area contributed by atoms with Crippen molar-refractivity contribution in [2.24, 2.45) is 5.92 Å². The lowest BCUT2D eigenvalue weighted by Crippen LogP contribution is -2.38. The summed E-state index contributed by atoms with van der Waals surface area (Å²) in [6.07, 6.45) is -2.73. The van der Waals surface area contributed by atoms with Gasteiger partial charge in [0.1, 0.15) is 5.82 Å². The third kappa shape index (κ3) is 5.04. The number of halogens is 3. The first-order valence-electron chi connectivity index (χ1n) is 9.94. The van der Waals surface area contributed by atoms with E-state index in [1.165, 1.54) is 6.07 Å². The Morgan fingerprint density at radius 2 is 1.88 bits per heavy atom. The molecule has 1 saturated heterocycles. The Labute approximate surface area is 181 Å². The van der Waals surface area contributed by atoms with Crippen LogP contribution in [0.1, 0.15) is 18.4 Å². The molecular formula is C21H20F3N3O5. The SMILES string of the molecule is O=C(COC(=O)C1CCN(c2ccc(C(F)(F)F)cn2)CC1)Nc1ccc2c(c1)OCO2. The van der Waals surface area contributed by atoms with Crippen LogP contribution in [0.15, 0.2) is 36.5 Å². The molecule has 32 heavy (non-hydrogen) atoms. The molecule has 1 fully saturated rings. The molecule has 0 atom stereocenters. The molecule has 0 radical (unpaired) electrons. The van der Waals surface area contributed by atoms with Crippen LogP contribution in [0.3, 0.4) is 0 Å². The van der Waals surface area contributed by atoms with Gasteiger partial charge in [-0.15, -0.1) is 0 Å². The fourth-order valence-corrected chi connectivity index (χ4v) is 3.51. The second-order valence-corrected chi connectivity index (χ2v) is 7.39. The maximum atomic E-state index is 12.7. The molecule has 1 amide bonds. The van der Waals surface area contributed by atoms with Crippen LogP contribution in [0.4, 0.5) is 24.7 Å². The van der Waals surface area contributed by atoms with Crippen LogP contribution < -0.4 is 19.7 Å². The molecule has 0 saturated carbocycles. The zero-order chi connectivity index (χ0) is 22.7. The molecule has 0 bridgehead atoms. The number of nitrogens with zero attached hydrogens (tertiary/aromatic N) is 2. The van der Waals surface area contributed by atoms with Gasteiger partial charge in [0.25, 0.3) is 5.91 Å². The molecule has 11 heteroatoms. The van der Waals surface area contributed by atoms with Crippen molar-refractivity contribution in [1.82, 2.24) is 4.98 Å². The maximum Gasteiger partial charge on any atom is 0.417 e. The number of amides is 1. The van der Waals surface area contributed by atoms with Crippen molar-refractivity contribution in [2.45, 2.75) is 19.0 Å². The highest BCUT2D eigenvalue weighted by molar-refractivity contribution is 5.93. The number of piperidine rings is 1. The van der Waals surface area contributed by atoms with Crippen molar-refractivity contribution in [1.29, 1.82) is 0 Å². The van der Waals surface area contributed by atoms with Gasteiger partial charge in [-0.25, -0.2) is 4.98 Å². The molecule has 0 aliphatic carbocycles. The Morgan fingerprint density at radius 1 is 1.12 bits per heavy atom. The normalized spacial score (nSPS) is 16.0. The van der Waals surface area contributed by atoms with Crippen molar-refractivity contribution >= 4 is 23.4 Å². The average molecular weight is 451 g/mol. The van der Waals surface area contributed by atoms with E-state index < -0.39 is 30.2 Å². The topological polar surface area (TPSA) is 90.0 Å². The number of hydrogen-bond donors (Lipinski definition) is 1. The van der Waals surface area contributed by atoms with Crippen molar-refractivity contribution in [3.8, 4) is 11.5 Å². The number of esters is 1. The van der Waals surface area contributed by atoms with Crippen molar-refractivity contribution < 1.29 is 37.0 Å². The van der Waals surface area contributed by atoms with Gasteiger partial charge in [0.2, 0.25) is 6.79 Å². The van der Waals surface area contributed by atoms with E-state index in [1.54, 1.807) is 18.2 Å². The number of benzene rings is 1. The smallest absolute Gasteiger partial charge is 0.417 e. The number of pyridine rings is 1. The van der Waals surface area contributed by atoms with Crippen molar-refractivity contribution in [3.63, 3.8) is 0 Å². The number of ether oxygens (including phenoxy) is 3. The molecule has 2 aliphatic rings. The van der Waals surface area contributed by atoms with Gasteiger partial charge in [-0.1, -0.05) is 0 Å². The molecular weight excluding hydrogens is 431 g/mol. The van der Waals surface area contributed by atoms with E-state index in [2.05, 4.69) is 10.3 Å². The van der Waals surface area contributed by atoms with Gasteiger partial charge in [-0.3, -0.25) is 9.59 Å². The Hall–Kier alpha value is -3.50. The molecule has 0 unspecified atom stereocenters. The van der Waals surface area contributed by atoms with Gasteiger partial charge in [0, 0.05) is 31.0 Å². The van der Waals surface area contributed by atoms with Crippen LogP contribution in [0.2, 0.25) is 0 Å². The molecule has 2 aromatic rings. The summed E-state index contributed by atoms with van der Waals surface area (Å²) in [7, 11) is 0. The monoisotopic (exact) mass is 451 g/mol. The minimum atomic E-state index is -4.43. The fraction of sp³-hybridized carbons (Fsp3) is 0.381. The molecule has 3 heterocycles. The number of carbonyl (C=O) groups excluding carboxylic acids is 2. The standard InChI is InChI=1S/C21H20F3N3O5/c22-21(23,24)14-1-4-18(25-10-14)27-7-5-13(6-8-27)20(29)30-11-19(28)26-15-2-3-16-17(9-15)32-12-31-16/h1-4,9-10,13H,5-8,11-12H2,(H,26,28). The summed E-state index contributed by atoms with van der Waals surface area (Å²) < 4.78 is 53.6. The van der Waals surface area contributed by atoms with Crippen LogP contribution in [0.5, 0.6) is 11.5 Å². The largest absolute Gasteiger partial charge is 0.455 e. The zero-order valence-corrected chi connectivity index (χ0v) is 16.9. The van der Waals surface area contributed by atoms with Crippen LogP contribution in [0, 0.1) is 5.92 Å². The van der Waals surface area contributed by atoms with Crippen molar-refractivity contribution in [3.05, 3.63) is 42.1 Å². The number of alkyl halides is 3. The number of anilines is 2. The summed E-state index contributed by atoms with van der Waals surface area (Å²) in [5, 5.41) is 2.63. The summed E-state index contributed by atoms with van der Waals surface area (Å²) >= 11 is 0. The fourth-order valence-electron chi connectivity index (χ4n) is 3.51. The lowest BCUT2D eigenvalue weighted by atomic mass is 9.97. The Morgan fingerprint density at radius 3 is 2.56 bits per heavy atom. The molecule has 1 N–H and O–H groups in total. The highest BCUT2D eigenvalue weighted by Gasteiger charge is 2.32. The Bertz CT molecular complexity index is 989. The first-order valence-corrected chi connectivity index (χ1v) is 9.94. The van der Waals surface area contributed by atoms with Gasteiger partial charge >= 0.3 is 12.1 Å². The number of hydrogen-bond acceptors (Lipinski definition) is 7. The van der Waals surface area contributed by atoms with E-state index >= 15 is 0 Å². The number of aromatic nitrogens is 1. The van der Waals surface area contributed by atoms with Crippen LogP contribution >= 0.6 is 0 Å². The Kier molecular flexibility index (Phi) is 6.06. The second-order valence-electron chi connectivity index (χ2n) is 7.39. The molecule has 1 aromatic carbocycles. The first-order chi connectivity index (χ1) is 15.3. The minimum absolute atomic E-state index is 0.123. The van der Waals surface area contributed by atoms with Gasteiger partial charge in [0.15, 0.2) is 18.1 Å². The summed E-state index contributed by atoms with van der Waals surface area (Å²) in [5.41, 5.74) is -0.314. The highest BCUT2D eigenvalue weighted by atomic mass is 19.4. The molecule has 2 aliphatic heterocycles. The lowest BCUT2D eigenvalue weighted by molar-refractivity contribution is -0.152. The van der Waals surface area contributed by atoms with Gasteiger partial charge in [-0.05, 0) is 37.1 Å². The summed E-state index contributed by atoms with van der Waals surface area (Å²) in [6, 6.07) is 7.25. The number of carbonyl (C=O) groups is 2. The summed E-state index contributed by atoms with van der Waals surface area (Å²) in [4.78, 5) is 30.1. The van der Waals surface area contributed by atoms with Gasteiger partial charge < -0.3 is 24.4 Å². The third-order valence-electron chi connectivity index (χ3n) is 5.23. The number of nitrogens with one attached hydrogen (secondary N) is 1.